The van der Waals surface area contributed by atoms with E-state index in [-0.39, 0.29) is 12.2 Å². The third-order valence-electron chi connectivity index (χ3n) is 3.85. The van der Waals surface area contributed by atoms with E-state index in [0.29, 0.717) is 19.6 Å². The third-order valence-corrected chi connectivity index (χ3v) is 3.85. The standard InChI is InChI=1S/C16H19N3O3/c1-21-11-3-4-14-13(9-11)12(5-7-18-14)15-10-19(8-2-6-17)16(20)22-15/h3-5,7,9,15H,2,6,8,10,17H2,1H3. The predicted octanol–water partition coefficient (Wildman–Crippen LogP) is 2.09. The van der Waals surface area contributed by atoms with Crippen molar-refractivity contribution in [3.63, 3.8) is 0 Å². The number of cyclic esters (lactones) is 1. The molecular weight excluding hydrogens is 282 g/mol. The van der Waals surface area contributed by atoms with Crippen LogP contribution in [0.1, 0.15) is 18.1 Å². The van der Waals surface area contributed by atoms with Crippen LogP contribution in [0.25, 0.3) is 10.9 Å². The zero-order chi connectivity index (χ0) is 15.5. The summed E-state index contributed by atoms with van der Waals surface area (Å²) in [5.41, 5.74) is 7.31. The van der Waals surface area contributed by atoms with E-state index in [1.54, 1.807) is 18.2 Å². The molecular formula is C16H19N3O3. The number of aromatic nitrogens is 1. The van der Waals surface area contributed by atoms with E-state index in [4.69, 9.17) is 15.2 Å². The van der Waals surface area contributed by atoms with Gasteiger partial charge in [0.15, 0.2) is 0 Å². The predicted molar refractivity (Wildman–Crippen MR) is 82.8 cm³/mol. The summed E-state index contributed by atoms with van der Waals surface area (Å²) in [6, 6.07) is 7.59. The number of carbonyl (C=O) groups is 1. The second kappa shape index (κ2) is 6.19. The number of carbonyl (C=O) groups excluding carboxylic acids is 1. The van der Waals surface area contributed by atoms with E-state index in [9.17, 15) is 4.79 Å². The van der Waals surface area contributed by atoms with Gasteiger partial charge < -0.3 is 20.1 Å². The number of benzene rings is 1. The van der Waals surface area contributed by atoms with Crippen molar-refractivity contribution in [3.05, 3.63) is 36.0 Å². The number of nitrogens with zero attached hydrogens (tertiary/aromatic N) is 2. The van der Waals surface area contributed by atoms with Crippen molar-refractivity contribution >= 4 is 17.0 Å². The van der Waals surface area contributed by atoms with Crippen LogP contribution in [-0.2, 0) is 4.74 Å². The number of pyridine rings is 1. The van der Waals surface area contributed by atoms with E-state index < -0.39 is 0 Å². The normalized spacial score (nSPS) is 17.8. The van der Waals surface area contributed by atoms with Gasteiger partial charge in [0, 0.05) is 23.7 Å². The fourth-order valence-corrected chi connectivity index (χ4v) is 2.69. The molecule has 1 aliphatic rings. The highest BCUT2D eigenvalue weighted by Gasteiger charge is 2.32. The minimum Gasteiger partial charge on any atom is -0.497 e. The highest BCUT2D eigenvalue weighted by molar-refractivity contribution is 5.84. The number of rotatable bonds is 5. The molecule has 0 bridgehead atoms. The Morgan fingerprint density at radius 1 is 1.45 bits per heavy atom. The van der Waals surface area contributed by atoms with E-state index in [1.165, 1.54) is 0 Å². The van der Waals surface area contributed by atoms with Crippen molar-refractivity contribution in [1.29, 1.82) is 0 Å². The number of hydrogen-bond acceptors (Lipinski definition) is 5. The topological polar surface area (TPSA) is 77.7 Å². The number of ether oxygens (including phenoxy) is 2. The maximum absolute atomic E-state index is 11.9. The maximum atomic E-state index is 11.9. The molecule has 22 heavy (non-hydrogen) atoms. The zero-order valence-electron chi connectivity index (χ0n) is 12.5. The van der Waals surface area contributed by atoms with Crippen molar-refractivity contribution in [2.75, 3.05) is 26.7 Å². The average molecular weight is 301 g/mol. The Balaban J connectivity index is 1.92. The highest BCUT2D eigenvalue weighted by atomic mass is 16.6. The van der Waals surface area contributed by atoms with Gasteiger partial charge in [0.1, 0.15) is 11.9 Å². The molecule has 0 radical (unpaired) electrons. The minimum absolute atomic E-state index is 0.286. The van der Waals surface area contributed by atoms with E-state index in [0.717, 1.165) is 28.6 Å². The molecule has 6 nitrogen and oxygen atoms in total. The van der Waals surface area contributed by atoms with Gasteiger partial charge in [0.2, 0.25) is 0 Å². The third kappa shape index (κ3) is 2.69. The summed E-state index contributed by atoms with van der Waals surface area (Å²) in [4.78, 5) is 18.0. The summed E-state index contributed by atoms with van der Waals surface area (Å²) in [6.45, 7) is 1.72. The van der Waals surface area contributed by atoms with Crippen molar-refractivity contribution in [3.8, 4) is 5.75 Å². The van der Waals surface area contributed by atoms with E-state index >= 15 is 0 Å². The molecule has 116 valence electrons. The summed E-state index contributed by atoms with van der Waals surface area (Å²) >= 11 is 0. The Hall–Kier alpha value is -2.34. The van der Waals surface area contributed by atoms with Gasteiger partial charge in [-0.2, -0.15) is 0 Å². The van der Waals surface area contributed by atoms with Crippen LogP contribution in [0.4, 0.5) is 4.79 Å². The Kier molecular flexibility index (Phi) is 4.11. The van der Waals surface area contributed by atoms with E-state index in [1.807, 2.05) is 24.3 Å². The van der Waals surface area contributed by atoms with Crippen LogP contribution in [0.5, 0.6) is 5.75 Å². The lowest BCUT2D eigenvalue weighted by Gasteiger charge is -2.13. The first-order valence-electron chi connectivity index (χ1n) is 7.31. The molecule has 0 saturated carbocycles. The molecule has 1 aromatic carbocycles. The first-order valence-corrected chi connectivity index (χ1v) is 7.31. The van der Waals surface area contributed by atoms with Crippen molar-refractivity contribution in [2.24, 2.45) is 5.73 Å². The zero-order valence-corrected chi connectivity index (χ0v) is 12.5. The van der Waals surface area contributed by atoms with Gasteiger partial charge in [-0.3, -0.25) is 4.98 Å². The molecule has 2 aromatic rings. The Morgan fingerprint density at radius 3 is 3.09 bits per heavy atom. The van der Waals surface area contributed by atoms with Gasteiger partial charge in [-0.25, -0.2) is 4.79 Å². The minimum atomic E-state index is -0.289. The molecule has 2 heterocycles. The van der Waals surface area contributed by atoms with Crippen molar-refractivity contribution < 1.29 is 14.3 Å². The van der Waals surface area contributed by atoms with Crippen molar-refractivity contribution in [1.82, 2.24) is 9.88 Å². The smallest absolute Gasteiger partial charge is 0.410 e. The summed E-state index contributed by atoms with van der Waals surface area (Å²) in [6.07, 6.45) is 1.93. The molecule has 3 rings (SSSR count). The van der Waals surface area contributed by atoms with Crippen LogP contribution < -0.4 is 10.5 Å². The highest BCUT2D eigenvalue weighted by Crippen LogP contribution is 2.32. The molecule has 1 aliphatic heterocycles. The van der Waals surface area contributed by atoms with Gasteiger partial charge >= 0.3 is 6.09 Å². The number of methoxy groups -OCH3 is 1. The molecule has 1 atom stereocenters. The van der Waals surface area contributed by atoms with E-state index in [2.05, 4.69) is 4.98 Å². The Morgan fingerprint density at radius 2 is 2.32 bits per heavy atom. The first kappa shape index (κ1) is 14.6. The van der Waals surface area contributed by atoms with Gasteiger partial charge in [-0.05, 0) is 37.2 Å². The Bertz CT molecular complexity index is 689. The fraction of sp³-hybridized carbons (Fsp3) is 0.375. The molecule has 1 aromatic heterocycles. The molecule has 2 N–H and O–H groups in total. The molecule has 1 saturated heterocycles. The number of fused-ring (bicyclic) bond motifs is 1. The second-order valence-corrected chi connectivity index (χ2v) is 5.24. The SMILES string of the molecule is COc1ccc2nccc(C3CN(CCCN)C(=O)O3)c2c1. The molecule has 0 spiro atoms. The number of hydrogen-bond donors (Lipinski definition) is 1. The number of nitrogens with two attached hydrogens (primary N) is 1. The lowest BCUT2D eigenvalue weighted by atomic mass is 10.0. The lowest BCUT2D eigenvalue weighted by molar-refractivity contribution is 0.133. The average Bonchev–Trinajstić information content (AvgIpc) is 2.92. The van der Waals surface area contributed by atoms with Crippen LogP contribution in [0, 0.1) is 0 Å². The van der Waals surface area contributed by atoms with Crippen LogP contribution in [0.2, 0.25) is 0 Å². The second-order valence-electron chi connectivity index (χ2n) is 5.24. The monoisotopic (exact) mass is 301 g/mol. The molecule has 6 heteroatoms. The number of amides is 1. The maximum Gasteiger partial charge on any atom is 0.410 e. The fourth-order valence-electron chi connectivity index (χ4n) is 2.69. The van der Waals surface area contributed by atoms with Crippen LogP contribution in [0.15, 0.2) is 30.5 Å². The Labute approximate surface area is 128 Å². The first-order chi connectivity index (χ1) is 10.7. The van der Waals surface area contributed by atoms with Gasteiger partial charge in [0.05, 0.1) is 19.2 Å². The van der Waals surface area contributed by atoms with Gasteiger partial charge in [0.25, 0.3) is 0 Å². The largest absolute Gasteiger partial charge is 0.497 e. The summed E-state index contributed by atoms with van der Waals surface area (Å²) in [5.74, 6) is 0.756. The van der Waals surface area contributed by atoms with Crippen LogP contribution in [0.3, 0.4) is 0 Å². The summed E-state index contributed by atoms with van der Waals surface area (Å²) in [7, 11) is 1.63. The van der Waals surface area contributed by atoms with Gasteiger partial charge in [-0.1, -0.05) is 0 Å². The van der Waals surface area contributed by atoms with Gasteiger partial charge in [-0.15, -0.1) is 0 Å². The van der Waals surface area contributed by atoms with Crippen LogP contribution in [-0.4, -0.2) is 42.7 Å². The molecule has 0 aliphatic carbocycles. The van der Waals surface area contributed by atoms with Crippen molar-refractivity contribution in [2.45, 2.75) is 12.5 Å². The lowest BCUT2D eigenvalue weighted by Crippen LogP contribution is -2.27. The summed E-state index contributed by atoms with van der Waals surface area (Å²) in [5, 5.41) is 0.945. The molecule has 1 fully saturated rings. The quantitative estimate of drug-likeness (QED) is 0.915. The summed E-state index contributed by atoms with van der Waals surface area (Å²) < 4.78 is 10.8. The van der Waals surface area contributed by atoms with Crippen LogP contribution >= 0.6 is 0 Å². The molecule has 1 unspecified atom stereocenters. The molecule has 1 amide bonds.